The van der Waals surface area contributed by atoms with Gasteiger partial charge in [-0.2, -0.15) is 0 Å². The van der Waals surface area contributed by atoms with E-state index < -0.39 is 8.07 Å². The lowest BCUT2D eigenvalue weighted by Crippen LogP contribution is -2.28. The van der Waals surface area contributed by atoms with Gasteiger partial charge in [0, 0.05) is 8.07 Å². The maximum absolute atomic E-state index is 5.60. The fourth-order valence-electron chi connectivity index (χ4n) is 3.08. The van der Waals surface area contributed by atoms with Crippen LogP contribution in [-0.4, -0.2) is 20.3 Å². The molecule has 0 aromatic rings. The lowest BCUT2D eigenvalue weighted by Gasteiger charge is -2.30. The van der Waals surface area contributed by atoms with Crippen molar-refractivity contribution in [2.75, 3.05) is 0 Å². The number of hydrogen-bond donors (Lipinski definition) is 0. The van der Waals surface area contributed by atoms with E-state index in [1.807, 2.05) is 0 Å². The summed E-state index contributed by atoms with van der Waals surface area (Å²) in [5.41, 5.74) is 0. The Hall–Kier alpha value is 0.177. The van der Waals surface area contributed by atoms with E-state index in [9.17, 15) is 0 Å². The van der Waals surface area contributed by atoms with Gasteiger partial charge in [-0.25, -0.2) is 0 Å². The Bertz CT molecular complexity index is 209. The first-order valence-corrected chi connectivity index (χ1v) is 9.82. The molecule has 0 aromatic heterocycles. The smallest absolute Gasteiger partial charge is 0.0844 e. The third-order valence-corrected chi connectivity index (χ3v) is 5.65. The van der Waals surface area contributed by atoms with Crippen LogP contribution in [0.2, 0.25) is 25.7 Å². The number of rotatable bonds is 3. The molecule has 2 heteroatoms. The van der Waals surface area contributed by atoms with Crippen molar-refractivity contribution in [1.29, 1.82) is 0 Å². The van der Waals surface area contributed by atoms with Crippen LogP contribution in [0, 0.1) is 11.8 Å². The van der Waals surface area contributed by atoms with Crippen LogP contribution in [-0.2, 0) is 4.74 Å². The van der Waals surface area contributed by atoms with Crippen LogP contribution in [0.1, 0.15) is 26.2 Å². The van der Waals surface area contributed by atoms with Gasteiger partial charge in [0.2, 0.25) is 0 Å². The summed E-state index contributed by atoms with van der Waals surface area (Å²) in [4.78, 5) is 0. The fraction of sp³-hybridized carbons (Fsp3) is 1.00. The molecule has 82 valence electrons. The maximum atomic E-state index is 5.60. The molecule has 1 aliphatic carbocycles. The van der Waals surface area contributed by atoms with Crippen LogP contribution in [0.3, 0.4) is 0 Å². The fourth-order valence-corrected chi connectivity index (χ4v) is 5.35. The molecule has 1 saturated heterocycles. The van der Waals surface area contributed by atoms with E-state index >= 15 is 0 Å². The van der Waals surface area contributed by atoms with Crippen molar-refractivity contribution < 1.29 is 4.74 Å². The quantitative estimate of drug-likeness (QED) is 0.515. The third-order valence-electron chi connectivity index (χ3n) is 3.78. The van der Waals surface area contributed by atoms with Gasteiger partial charge in [-0.3, -0.25) is 0 Å². The van der Waals surface area contributed by atoms with Crippen LogP contribution in [0.25, 0.3) is 0 Å². The normalized spacial score (nSPS) is 39.0. The average molecular weight is 212 g/mol. The Kier molecular flexibility index (Phi) is 2.78. The van der Waals surface area contributed by atoms with Gasteiger partial charge >= 0.3 is 0 Å². The lowest BCUT2D eigenvalue weighted by atomic mass is 9.82. The van der Waals surface area contributed by atoms with E-state index in [-0.39, 0.29) is 0 Å². The predicted molar refractivity (Wildman–Crippen MR) is 63.3 cm³/mol. The Labute approximate surface area is 89.2 Å². The second-order valence-electron chi connectivity index (χ2n) is 6.53. The Morgan fingerprint density at radius 2 is 1.93 bits per heavy atom. The van der Waals surface area contributed by atoms with Gasteiger partial charge in [-0.05, 0) is 31.1 Å². The summed E-state index contributed by atoms with van der Waals surface area (Å²) in [6.45, 7) is 9.93. The van der Waals surface area contributed by atoms with Crippen molar-refractivity contribution in [3.05, 3.63) is 0 Å². The summed E-state index contributed by atoms with van der Waals surface area (Å²) < 4.78 is 5.60. The van der Waals surface area contributed by atoms with Crippen LogP contribution < -0.4 is 0 Å². The number of fused-ring (bicyclic) bond motifs is 1. The van der Waals surface area contributed by atoms with Gasteiger partial charge in [0.05, 0.1) is 12.2 Å². The van der Waals surface area contributed by atoms with Gasteiger partial charge in [0.1, 0.15) is 0 Å². The summed E-state index contributed by atoms with van der Waals surface area (Å²) >= 11 is 0. The van der Waals surface area contributed by atoms with Gasteiger partial charge in [0.15, 0.2) is 0 Å². The number of hydrogen-bond acceptors (Lipinski definition) is 1. The first-order valence-electron chi connectivity index (χ1n) is 6.11. The van der Waals surface area contributed by atoms with Gasteiger partial charge in [-0.15, -0.1) is 0 Å². The monoisotopic (exact) mass is 212 g/mol. The molecule has 0 N–H and O–H groups in total. The van der Waals surface area contributed by atoms with Crippen molar-refractivity contribution in [2.24, 2.45) is 11.8 Å². The minimum absolute atomic E-state index is 0.665. The molecule has 0 radical (unpaired) electrons. The first-order chi connectivity index (χ1) is 6.46. The molecular formula is C12H24OSi. The molecule has 1 nitrogen and oxygen atoms in total. The largest absolute Gasteiger partial charge is 0.370 e. The molecule has 2 fully saturated rings. The highest BCUT2D eigenvalue weighted by Crippen LogP contribution is 2.43. The second kappa shape index (κ2) is 3.64. The minimum Gasteiger partial charge on any atom is -0.370 e. The maximum Gasteiger partial charge on any atom is 0.0844 e. The molecule has 4 unspecified atom stereocenters. The van der Waals surface area contributed by atoms with Gasteiger partial charge < -0.3 is 4.74 Å². The molecule has 1 aliphatic heterocycles. The van der Waals surface area contributed by atoms with E-state index in [1.54, 1.807) is 0 Å². The van der Waals surface area contributed by atoms with Crippen molar-refractivity contribution >= 4 is 8.07 Å². The summed E-state index contributed by atoms with van der Waals surface area (Å²) in [6.07, 6.45) is 5.46. The van der Waals surface area contributed by atoms with E-state index in [0.717, 1.165) is 11.8 Å². The molecule has 1 heterocycles. The summed E-state index contributed by atoms with van der Waals surface area (Å²) in [5.74, 6) is 1.90. The van der Waals surface area contributed by atoms with Crippen molar-refractivity contribution in [3.63, 3.8) is 0 Å². The highest BCUT2D eigenvalue weighted by molar-refractivity contribution is 6.76. The van der Waals surface area contributed by atoms with Crippen molar-refractivity contribution in [3.8, 4) is 0 Å². The number of ether oxygens (including phenoxy) is 1. The standard InChI is InChI=1S/C12H24OSi/c1-9(8-14(2,3)4)10-5-6-11-12(7-10)13-11/h9-12H,5-8H2,1-4H3. The first kappa shape index (κ1) is 10.7. The van der Waals surface area contributed by atoms with Crippen molar-refractivity contribution in [2.45, 2.75) is 64.1 Å². The Balaban J connectivity index is 1.82. The van der Waals surface area contributed by atoms with Crippen LogP contribution in [0.4, 0.5) is 0 Å². The van der Waals surface area contributed by atoms with Crippen LogP contribution in [0.15, 0.2) is 0 Å². The average Bonchev–Trinajstić information content (AvgIpc) is 2.77. The van der Waals surface area contributed by atoms with E-state index in [1.165, 1.54) is 25.3 Å². The molecule has 4 atom stereocenters. The Morgan fingerprint density at radius 3 is 2.50 bits per heavy atom. The molecule has 2 aliphatic rings. The van der Waals surface area contributed by atoms with Crippen LogP contribution in [0.5, 0.6) is 0 Å². The van der Waals surface area contributed by atoms with E-state index in [0.29, 0.717) is 12.2 Å². The third kappa shape index (κ3) is 2.60. The topological polar surface area (TPSA) is 12.5 Å². The van der Waals surface area contributed by atoms with Crippen LogP contribution >= 0.6 is 0 Å². The second-order valence-corrected chi connectivity index (χ2v) is 12.1. The molecule has 0 aromatic carbocycles. The van der Waals surface area contributed by atoms with E-state index in [4.69, 9.17) is 4.74 Å². The lowest BCUT2D eigenvalue weighted by molar-refractivity contribution is 0.295. The summed E-state index contributed by atoms with van der Waals surface area (Å²) in [5, 5.41) is 0. The minimum atomic E-state index is -0.853. The van der Waals surface area contributed by atoms with Gasteiger partial charge in [0.25, 0.3) is 0 Å². The van der Waals surface area contributed by atoms with E-state index in [2.05, 4.69) is 26.6 Å². The molecular weight excluding hydrogens is 188 g/mol. The highest BCUT2D eigenvalue weighted by atomic mass is 28.3. The molecule has 14 heavy (non-hydrogen) atoms. The molecule has 1 saturated carbocycles. The van der Waals surface area contributed by atoms with Gasteiger partial charge in [-0.1, -0.05) is 32.6 Å². The molecule has 0 bridgehead atoms. The molecule has 0 amide bonds. The van der Waals surface area contributed by atoms with Crippen molar-refractivity contribution in [1.82, 2.24) is 0 Å². The SMILES string of the molecule is CC(C[Si](C)(C)C)C1CCC2OC2C1. The zero-order valence-electron chi connectivity index (χ0n) is 10.0. The highest BCUT2D eigenvalue weighted by Gasteiger charge is 2.45. The number of epoxide rings is 1. The predicted octanol–water partition coefficient (Wildman–Crippen LogP) is 3.53. The molecule has 0 spiro atoms. The zero-order valence-corrected chi connectivity index (χ0v) is 11.0. The zero-order chi connectivity index (χ0) is 10.3. The summed E-state index contributed by atoms with van der Waals surface area (Å²) in [7, 11) is -0.853. The summed E-state index contributed by atoms with van der Waals surface area (Å²) in [6, 6.07) is 1.50. The molecule has 2 rings (SSSR count). The Morgan fingerprint density at radius 1 is 1.21 bits per heavy atom.